The Bertz CT molecular complexity index is 737. The summed E-state index contributed by atoms with van der Waals surface area (Å²) in [4.78, 5) is 12.1. The van der Waals surface area contributed by atoms with Crippen LogP contribution in [0.25, 0.3) is 6.08 Å². The second-order valence-corrected chi connectivity index (χ2v) is 4.91. The zero-order chi connectivity index (χ0) is 14.8. The monoisotopic (exact) mass is 302 g/mol. The molecule has 1 aliphatic heterocycles. The third-order valence-corrected chi connectivity index (χ3v) is 3.28. The largest absolute Gasteiger partial charge is 0.507 e. The Labute approximate surface area is 126 Å². The number of carbonyl (C=O) groups is 1. The highest BCUT2D eigenvalue weighted by atomic mass is 35.5. The number of phenolic OH excluding ortho intramolecular Hbond substituents is 1. The first-order chi connectivity index (χ1) is 10.1. The van der Waals surface area contributed by atoms with Crippen molar-refractivity contribution in [1.82, 2.24) is 0 Å². The maximum atomic E-state index is 12.1. The van der Waals surface area contributed by atoms with E-state index in [1.807, 2.05) is 6.07 Å². The molecule has 1 N–H and O–H groups in total. The number of allylic oxidation sites excluding steroid dienone is 1. The van der Waals surface area contributed by atoms with Crippen LogP contribution in [0.4, 0.5) is 0 Å². The Morgan fingerprint density at radius 1 is 1.14 bits per heavy atom. The molecule has 2 aromatic rings. The number of rotatable bonds is 3. The normalized spacial score (nSPS) is 12.8. The number of hydrogen-bond donors (Lipinski definition) is 1. The highest BCUT2D eigenvalue weighted by Gasteiger charge is 2.13. The molecule has 0 aliphatic carbocycles. The van der Waals surface area contributed by atoms with Crippen LogP contribution < -0.4 is 9.47 Å². The van der Waals surface area contributed by atoms with E-state index in [1.165, 1.54) is 24.3 Å². The lowest BCUT2D eigenvalue weighted by Gasteiger charge is -2.01. The van der Waals surface area contributed by atoms with Crippen molar-refractivity contribution in [3.8, 4) is 17.2 Å². The van der Waals surface area contributed by atoms with Crippen LogP contribution >= 0.6 is 11.6 Å². The molecule has 0 bridgehead atoms. The fraction of sp³-hybridized carbons (Fsp3) is 0.0625. The minimum atomic E-state index is -0.326. The molecule has 21 heavy (non-hydrogen) atoms. The lowest BCUT2D eigenvalue weighted by molar-refractivity contribution is 0.104. The van der Waals surface area contributed by atoms with E-state index in [9.17, 15) is 9.90 Å². The van der Waals surface area contributed by atoms with Crippen LogP contribution in [0, 0.1) is 0 Å². The van der Waals surface area contributed by atoms with E-state index in [1.54, 1.807) is 18.2 Å². The van der Waals surface area contributed by atoms with Crippen LogP contribution in [0.1, 0.15) is 15.9 Å². The lowest BCUT2D eigenvalue weighted by Crippen LogP contribution is -1.94. The number of phenols is 1. The molecular weight excluding hydrogens is 292 g/mol. The highest BCUT2D eigenvalue weighted by Crippen LogP contribution is 2.33. The Hall–Kier alpha value is -2.46. The second-order valence-electron chi connectivity index (χ2n) is 4.47. The van der Waals surface area contributed by atoms with Gasteiger partial charge in [0, 0.05) is 5.02 Å². The summed E-state index contributed by atoms with van der Waals surface area (Å²) in [6.07, 6.45) is 3.02. The maximum absolute atomic E-state index is 12.1. The molecule has 5 heteroatoms. The molecule has 0 radical (unpaired) electrons. The van der Waals surface area contributed by atoms with E-state index in [-0.39, 0.29) is 23.9 Å². The SMILES string of the molecule is O=C(/C=C/c1ccc2c(c1)OCO2)c1cc(Cl)ccc1O. The molecule has 4 nitrogen and oxygen atoms in total. The highest BCUT2D eigenvalue weighted by molar-refractivity contribution is 6.31. The van der Waals surface area contributed by atoms with Crippen molar-refractivity contribution in [2.75, 3.05) is 6.79 Å². The van der Waals surface area contributed by atoms with Crippen LogP contribution in [-0.4, -0.2) is 17.7 Å². The minimum Gasteiger partial charge on any atom is -0.507 e. The average molecular weight is 303 g/mol. The van der Waals surface area contributed by atoms with E-state index in [0.717, 1.165) is 5.56 Å². The summed E-state index contributed by atoms with van der Waals surface area (Å²) >= 11 is 5.82. The Kier molecular flexibility index (Phi) is 3.54. The van der Waals surface area contributed by atoms with Crippen LogP contribution in [0.2, 0.25) is 5.02 Å². The molecule has 1 aliphatic rings. The fourth-order valence-electron chi connectivity index (χ4n) is 1.98. The summed E-state index contributed by atoms with van der Waals surface area (Å²) in [7, 11) is 0. The van der Waals surface area contributed by atoms with Gasteiger partial charge in [-0.05, 0) is 42.0 Å². The first-order valence-electron chi connectivity index (χ1n) is 6.24. The maximum Gasteiger partial charge on any atom is 0.231 e. The number of halogens is 1. The van der Waals surface area contributed by atoms with E-state index >= 15 is 0 Å². The van der Waals surface area contributed by atoms with Gasteiger partial charge >= 0.3 is 0 Å². The van der Waals surface area contributed by atoms with Crippen LogP contribution in [0.15, 0.2) is 42.5 Å². The first-order valence-corrected chi connectivity index (χ1v) is 6.62. The smallest absolute Gasteiger partial charge is 0.231 e. The van der Waals surface area contributed by atoms with Crippen molar-refractivity contribution in [2.45, 2.75) is 0 Å². The molecule has 0 aromatic heterocycles. The molecule has 106 valence electrons. The van der Waals surface area contributed by atoms with E-state index in [4.69, 9.17) is 21.1 Å². The molecule has 0 saturated heterocycles. The van der Waals surface area contributed by atoms with E-state index in [0.29, 0.717) is 16.5 Å². The summed E-state index contributed by atoms with van der Waals surface area (Å²) in [5, 5.41) is 10.1. The van der Waals surface area contributed by atoms with Crippen molar-refractivity contribution in [2.24, 2.45) is 0 Å². The molecule has 0 saturated carbocycles. The van der Waals surface area contributed by atoms with Gasteiger partial charge < -0.3 is 14.6 Å². The van der Waals surface area contributed by atoms with Gasteiger partial charge in [0.05, 0.1) is 5.56 Å². The Morgan fingerprint density at radius 2 is 1.95 bits per heavy atom. The lowest BCUT2D eigenvalue weighted by atomic mass is 10.1. The summed E-state index contributed by atoms with van der Waals surface area (Å²) < 4.78 is 10.5. The molecule has 0 atom stereocenters. The summed E-state index contributed by atoms with van der Waals surface area (Å²) in [5.74, 6) is 0.911. The summed E-state index contributed by atoms with van der Waals surface area (Å²) in [5.41, 5.74) is 0.966. The van der Waals surface area contributed by atoms with E-state index < -0.39 is 0 Å². The molecule has 0 amide bonds. The minimum absolute atomic E-state index is 0.0975. The van der Waals surface area contributed by atoms with Gasteiger partial charge in [-0.1, -0.05) is 23.7 Å². The van der Waals surface area contributed by atoms with E-state index in [2.05, 4.69) is 0 Å². The standard InChI is InChI=1S/C16H11ClO4/c17-11-3-5-14(19)12(8-11)13(18)4-1-10-2-6-15-16(7-10)21-9-20-15/h1-8,19H,9H2/b4-1+. The predicted octanol–water partition coefficient (Wildman–Crippen LogP) is 3.67. The van der Waals surface area contributed by atoms with Crippen molar-refractivity contribution >= 4 is 23.5 Å². The topological polar surface area (TPSA) is 55.8 Å². The Morgan fingerprint density at radius 3 is 2.81 bits per heavy atom. The van der Waals surface area contributed by atoms with Gasteiger partial charge in [0.1, 0.15) is 5.75 Å². The molecule has 0 unspecified atom stereocenters. The zero-order valence-corrected chi connectivity index (χ0v) is 11.6. The number of ketones is 1. The van der Waals surface area contributed by atoms with Crippen LogP contribution in [-0.2, 0) is 0 Å². The Balaban J connectivity index is 1.82. The predicted molar refractivity (Wildman–Crippen MR) is 79.0 cm³/mol. The fourth-order valence-corrected chi connectivity index (χ4v) is 2.16. The van der Waals surface area contributed by atoms with Crippen LogP contribution in [0.3, 0.4) is 0 Å². The second kappa shape index (κ2) is 5.50. The van der Waals surface area contributed by atoms with Crippen molar-refractivity contribution in [3.63, 3.8) is 0 Å². The number of ether oxygens (including phenoxy) is 2. The molecule has 0 spiro atoms. The van der Waals surface area contributed by atoms with Gasteiger partial charge in [-0.3, -0.25) is 4.79 Å². The number of fused-ring (bicyclic) bond motifs is 1. The van der Waals surface area contributed by atoms with Gasteiger partial charge in [0.25, 0.3) is 0 Å². The van der Waals surface area contributed by atoms with Gasteiger partial charge in [-0.15, -0.1) is 0 Å². The first kappa shape index (κ1) is 13.5. The van der Waals surface area contributed by atoms with Crippen molar-refractivity contribution in [3.05, 3.63) is 58.6 Å². The van der Waals surface area contributed by atoms with Crippen molar-refractivity contribution < 1.29 is 19.4 Å². The molecule has 2 aromatic carbocycles. The molecule has 3 rings (SSSR count). The molecule has 1 heterocycles. The van der Waals surface area contributed by atoms with Gasteiger partial charge in [-0.2, -0.15) is 0 Å². The number of aromatic hydroxyl groups is 1. The number of benzene rings is 2. The third-order valence-electron chi connectivity index (χ3n) is 3.05. The average Bonchev–Trinajstić information content (AvgIpc) is 2.94. The number of carbonyl (C=O) groups excluding carboxylic acids is 1. The number of hydrogen-bond acceptors (Lipinski definition) is 4. The third kappa shape index (κ3) is 2.85. The summed E-state index contributed by atoms with van der Waals surface area (Å²) in [6.45, 7) is 0.206. The van der Waals surface area contributed by atoms with Crippen LogP contribution in [0.5, 0.6) is 17.2 Å². The van der Waals surface area contributed by atoms with Gasteiger partial charge in [0.2, 0.25) is 6.79 Å². The van der Waals surface area contributed by atoms with Gasteiger partial charge in [0.15, 0.2) is 17.3 Å². The van der Waals surface area contributed by atoms with Gasteiger partial charge in [-0.25, -0.2) is 0 Å². The summed E-state index contributed by atoms with van der Waals surface area (Å²) in [6, 6.07) is 9.73. The molecular formula is C16H11ClO4. The quantitative estimate of drug-likeness (QED) is 0.694. The zero-order valence-electron chi connectivity index (χ0n) is 10.9. The molecule has 0 fully saturated rings. The van der Waals surface area contributed by atoms with Crippen molar-refractivity contribution in [1.29, 1.82) is 0 Å².